The minimum Gasteiger partial charge on any atom is -0.391 e. The molecular weight excluding hydrogens is 300 g/mol. The lowest BCUT2D eigenvalue weighted by Crippen LogP contribution is -2.42. The standard InChI is InChI=1S/C20H24N2O2/c1-12-8-13(2)19-16(9-12)17(10-18(21-19)14-5-6-14)20(24)22-7-3-4-15(23)11-22/h8-10,14-15,23H,3-7,11H2,1-2H3. The van der Waals surface area contributed by atoms with Gasteiger partial charge in [-0.3, -0.25) is 9.78 Å². The van der Waals surface area contributed by atoms with Gasteiger partial charge in [0, 0.05) is 30.1 Å². The number of hydrogen-bond acceptors (Lipinski definition) is 3. The molecule has 1 N–H and O–H groups in total. The fourth-order valence-electron chi connectivity index (χ4n) is 3.78. The van der Waals surface area contributed by atoms with Gasteiger partial charge in [0.1, 0.15) is 0 Å². The number of hydrogen-bond donors (Lipinski definition) is 1. The molecule has 0 radical (unpaired) electrons. The zero-order chi connectivity index (χ0) is 16.8. The maximum absolute atomic E-state index is 13.2. The zero-order valence-corrected chi connectivity index (χ0v) is 14.4. The van der Waals surface area contributed by atoms with Gasteiger partial charge < -0.3 is 10.0 Å². The van der Waals surface area contributed by atoms with Crippen molar-refractivity contribution in [2.45, 2.75) is 51.6 Å². The number of amides is 1. The number of β-amino-alcohol motifs (C(OH)–C–C–N with tert-alkyl or cyclic N) is 1. The number of aryl methyl sites for hydroxylation is 2. The molecule has 2 heterocycles. The van der Waals surface area contributed by atoms with E-state index in [9.17, 15) is 9.90 Å². The number of aromatic nitrogens is 1. The molecule has 1 unspecified atom stereocenters. The van der Waals surface area contributed by atoms with Crippen LogP contribution in [0.5, 0.6) is 0 Å². The second-order valence-electron chi connectivity index (χ2n) is 7.39. The van der Waals surface area contributed by atoms with Gasteiger partial charge in [-0.1, -0.05) is 11.6 Å². The Morgan fingerprint density at radius 3 is 2.71 bits per heavy atom. The highest BCUT2D eigenvalue weighted by Gasteiger charge is 2.29. The van der Waals surface area contributed by atoms with Crippen LogP contribution >= 0.6 is 0 Å². The Hall–Kier alpha value is -1.94. The quantitative estimate of drug-likeness (QED) is 0.922. The molecular formula is C20H24N2O2. The molecule has 1 aromatic carbocycles. The average Bonchev–Trinajstić information content (AvgIpc) is 3.38. The number of fused-ring (bicyclic) bond motifs is 1. The third kappa shape index (κ3) is 2.80. The van der Waals surface area contributed by atoms with Crippen LogP contribution in [-0.4, -0.2) is 40.1 Å². The molecule has 4 rings (SSSR count). The lowest BCUT2D eigenvalue weighted by molar-refractivity contribution is 0.0475. The number of likely N-dealkylation sites (tertiary alicyclic amines) is 1. The van der Waals surface area contributed by atoms with Crippen LogP contribution in [0.3, 0.4) is 0 Å². The van der Waals surface area contributed by atoms with E-state index in [0.717, 1.165) is 52.7 Å². The van der Waals surface area contributed by atoms with Gasteiger partial charge in [0.05, 0.1) is 17.2 Å². The van der Waals surface area contributed by atoms with Crippen molar-refractivity contribution in [2.24, 2.45) is 0 Å². The highest BCUT2D eigenvalue weighted by molar-refractivity contribution is 6.07. The summed E-state index contributed by atoms with van der Waals surface area (Å²) < 4.78 is 0. The first-order valence-corrected chi connectivity index (χ1v) is 8.92. The van der Waals surface area contributed by atoms with Crippen molar-refractivity contribution in [1.82, 2.24) is 9.88 Å². The number of carbonyl (C=O) groups is 1. The van der Waals surface area contributed by atoms with Crippen LogP contribution in [0.1, 0.15) is 58.8 Å². The van der Waals surface area contributed by atoms with E-state index < -0.39 is 6.10 Å². The molecule has 0 spiro atoms. The molecule has 1 saturated heterocycles. The third-order valence-corrected chi connectivity index (χ3v) is 5.18. The SMILES string of the molecule is Cc1cc(C)c2nc(C3CC3)cc(C(=O)N3CCCC(O)C3)c2c1. The minimum atomic E-state index is -0.401. The Kier molecular flexibility index (Phi) is 3.80. The zero-order valence-electron chi connectivity index (χ0n) is 14.4. The molecule has 4 nitrogen and oxygen atoms in total. The smallest absolute Gasteiger partial charge is 0.254 e. The van der Waals surface area contributed by atoms with Crippen LogP contribution in [-0.2, 0) is 0 Å². The number of rotatable bonds is 2. The predicted octanol–water partition coefficient (Wildman–Crippen LogP) is 3.33. The number of nitrogens with zero attached hydrogens (tertiary/aromatic N) is 2. The number of piperidine rings is 1. The molecule has 2 fully saturated rings. The number of pyridine rings is 1. The third-order valence-electron chi connectivity index (χ3n) is 5.18. The molecule has 126 valence electrons. The van der Waals surface area contributed by atoms with E-state index in [-0.39, 0.29) is 5.91 Å². The first-order chi connectivity index (χ1) is 11.5. The number of carbonyl (C=O) groups excluding carboxylic acids is 1. The Bertz CT molecular complexity index is 811. The highest BCUT2D eigenvalue weighted by atomic mass is 16.3. The van der Waals surface area contributed by atoms with Crippen molar-refractivity contribution < 1.29 is 9.90 Å². The summed E-state index contributed by atoms with van der Waals surface area (Å²) in [6, 6.07) is 6.20. The maximum Gasteiger partial charge on any atom is 0.254 e. The van der Waals surface area contributed by atoms with Crippen molar-refractivity contribution in [1.29, 1.82) is 0 Å². The second-order valence-corrected chi connectivity index (χ2v) is 7.39. The van der Waals surface area contributed by atoms with Gasteiger partial charge >= 0.3 is 0 Å². The summed E-state index contributed by atoms with van der Waals surface area (Å²) in [7, 11) is 0. The van der Waals surface area contributed by atoms with Crippen molar-refractivity contribution >= 4 is 16.8 Å². The molecule has 1 aromatic heterocycles. The van der Waals surface area contributed by atoms with Crippen LogP contribution in [0.2, 0.25) is 0 Å². The fourth-order valence-corrected chi connectivity index (χ4v) is 3.78. The van der Waals surface area contributed by atoms with E-state index in [1.54, 1.807) is 4.90 Å². The monoisotopic (exact) mass is 324 g/mol. The van der Waals surface area contributed by atoms with Gasteiger partial charge in [-0.05, 0) is 57.2 Å². The molecule has 1 amide bonds. The summed E-state index contributed by atoms with van der Waals surface area (Å²) in [5, 5.41) is 10.9. The molecule has 2 aromatic rings. The molecule has 1 atom stereocenters. The molecule has 1 saturated carbocycles. The van der Waals surface area contributed by atoms with E-state index in [2.05, 4.69) is 26.0 Å². The Morgan fingerprint density at radius 2 is 2.00 bits per heavy atom. The molecule has 2 aliphatic rings. The van der Waals surface area contributed by atoms with Crippen LogP contribution in [0.4, 0.5) is 0 Å². The molecule has 1 aliphatic carbocycles. The van der Waals surface area contributed by atoms with Crippen LogP contribution in [0, 0.1) is 13.8 Å². The summed E-state index contributed by atoms with van der Waals surface area (Å²) in [4.78, 5) is 19.8. The summed E-state index contributed by atoms with van der Waals surface area (Å²) in [5.74, 6) is 0.543. The first-order valence-electron chi connectivity index (χ1n) is 8.92. The Labute approximate surface area is 142 Å². The summed E-state index contributed by atoms with van der Waals surface area (Å²) >= 11 is 0. The van der Waals surface area contributed by atoms with Crippen molar-refractivity contribution in [3.63, 3.8) is 0 Å². The maximum atomic E-state index is 13.2. The Balaban J connectivity index is 1.84. The average molecular weight is 324 g/mol. The van der Waals surface area contributed by atoms with Gasteiger partial charge in [-0.25, -0.2) is 0 Å². The van der Waals surface area contributed by atoms with Gasteiger partial charge in [0.25, 0.3) is 5.91 Å². The normalized spacial score (nSPS) is 21.3. The number of aliphatic hydroxyl groups excluding tert-OH is 1. The van der Waals surface area contributed by atoms with Gasteiger partial charge in [0.15, 0.2) is 0 Å². The Morgan fingerprint density at radius 1 is 1.21 bits per heavy atom. The van der Waals surface area contributed by atoms with Gasteiger partial charge in [0.2, 0.25) is 0 Å². The first kappa shape index (κ1) is 15.6. The lowest BCUT2D eigenvalue weighted by Gasteiger charge is -2.30. The van der Waals surface area contributed by atoms with Crippen LogP contribution in [0.25, 0.3) is 10.9 Å². The minimum absolute atomic E-state index is 0.0352. The summed E-state index contributed by atoms with van der Waals surface area (Å²) in [5.41, 5.74) is 5.03. The van der Waals surface area contributed by atoms with Crippen molar-refractivity contribution in [3.8, 4) is 0 Å². The molecule has 24 heavy (non-hydrogen) atoms. The predicted molar refractivity (Wildman–Crippen MR) is 94.3 cm³/mol. The van der Waals surface area contributed by atoms with Crippen molar-refractivity contribution in [3.05, 3.63) is 40.6 Å². The highest BCUT2D eigenvalue weighted by Crippen LogP contribution is 2.40. The molecule has 1 aliphatic heterocycles. The van der Waals surface area contributed by atoms with E-state index >= 15 is 0 Å². The van der Waals surface area contributed by atoms with E-state index in [1.807, 2.05) is 6.07 Å². The van der Waals surface area contributed by atoms with Crippen molar-refractivity contribution in [2.75, 3.05) is 13.1 Å². The second kappa shape index (κ2) is 5.85. The summed E-state index contributed by atoms with van der Waals surface area (Å²) in [6.45, 7) is 5.29. The lowest BCUT2D eigenvalue weighted by atomic mass is 9.99. The summed E-state index contributed by atoms with van der Waals surface area (Å²) in [6.07, 6.45) is 3.58. The number of aliphatic hydroxyl groups is 1. The van der Waals surface area contributed by atoms with Gasteiger partial charge in [-0.15, -0.1) is 0 Å². The topological polar surface area (TPSA) is 53.4 Å². The van der Waals surface area contributed by atoms with Crippen LogP contribution < -0.4 is 0 Å². The van der Waals surface area contributed by atoms with E-state index in [4.69, 9.17) is 4.98 Å². The number of benzene rings is 1. The van der Waals surface area contributed by atoms with E-state index in [1.165, 1.54) is 12.8 Å². The van der Waals surface area contributed by atoms with E-state index in [0.29, 0.717) is 12.5 Å². The molecule has 0 bridgehead atoms. The largest absolute Gasteiger partial charge is 0.391 e. The fraction of sp³-hybridized carbons (Fsp3) is 0.500. The molecule has 4 heteroatoms. The van der Waals surface area contributed by atoms with Crippen LogP contribution in [0.15, 0.2) is 18.2 Å². The van der Waals surface area contributed by atoms with Gasteiger partial charge in [-0.2, -0.15) is 0 Å².